The molecule has 0 bridgehead atoms. The van der Waals surface area contributed by atoms with Gasteiger partial charge in [-0.3, -0.25) is 0 Å². The quantitative estimate of drug-likeness (QED) is 0.309. The highest BCUT2D eigenvalue weighted by atomic mass is 32.2. The average Bonchev–Trinajstić information content (AvgIpc) is 2.77. The molecule has 0 atom stereocenters. The molecular formula is C26H19F3O3S. The van der Waals surface area contributed by atoms with Crippen LogP contribution in [0, 0.1) is 0 Å². The first-order chi connectivity index (χ1) is 15.7. The van der Waals surface area contributed by atoms with E-state index >= 15 is 0 Å². The van der Waals surface area contributed by atoms with E-state index in [-0.39, 0.29) is 0 Å². The van der Waals surface area contributed by atoms with Crippen LogP contribution in [-0.4, -0.2) is 13.9 Å². The predicted molar refractivity (Wildman–Crippen MR) is 124 cm³/mol. The predicted octanol–water partition coefficient (Wildman–Crippen LogP) is 6.93. The first-order valence-electron chi connectivity index (χ1n) is 10.0. The Labute approximate surface area is 190 Å². The van der Waals surface area contributed by atoms with Gasteiger partial charge in [-0.25, -0.2) is 0 Å². The van der Waals surface area contributed by atoms with Gasteiger partial charge in [0.05, 0.1) is 0 Å². The second-order valence-electron chi connectivity index (χ2n) is 7.45. The smallest absolute Gasteiger partial charge is 0.376 e. The van der Waals surface area contributed by atoms with Crippen molar-refractivity contribution >= 4 is 15.7 Å². The second-order valence-corrected chi connectivity index (χ2v) is 8.98. The summed E-state index contributed by atoms with van der Waals surface area (Å²) in [4.78, 5) is 0. The molecule has 4 rings (SSSR count). The number of rotatable bonds is 3. The van der Waals surface area contributed by atoms with Gasteiger partial charge in [0.15, 0.2) is 0 Å². The number of fused-ring (bicyclic) bond motifs is 3. The third-order valence-electron chi connectivity index (χ3n) is 5.21. The Morgan fingerprint density at radius 2 is 1.55 bits per heavy atom. The lowest BCUT2D eigenvalue weighted by Gasteiger charge is -2.16. The van der Waals surface area contributed by atoms with E-state index in [1.807, 2.05) is 66.8 Å². The van der Waals surface area contributed by atoms with Gasteiger partial charge in [-0.15, -0.1) is 0 Å². The van der Waals surface area contributed by atoms with Crippen LogP contribution in [0.2, 0.25) is 0 Å². The maximum atomic E-state index is 12.7. The first kappa shape index (κ1) is 22.6. The molecule has 7 heteroatoms. The van der Waals surface area contributed by atoms with Gasteiger partial charge in [-0.05, 0) is 57.5 Å². The van der Waals surface area contributed by atoms with Crippen LogP contribution in [0.3, 0.4) is 0 Å². The van der Waals surface area contributed by atoms with E-state index in [4.69, 9.17) is 0 Å². The molecule has 0 N–H and O–H groups in total. The molecule has 3 nitrogen and oxygen atoms in total. The van der Waals surface area contributed by atoms with Crippen LogP contribution in [-0.2, 0) is 16.5 Å². The molecule has 0 saturated heterocycles. The zero-order valence-corrected chi connectivity index (χ0v) is 18.2. The van der Waals surface area contributed by atoms with Crippen LogP contribution in [0.15, 0.2) is 97.6 Å². The molecule has 0 saturated carbocycles. The van der Waals surface area contributed by atoms with Crippen molar-refractivity contribution in [3.8, 4) is 28.0 Å². The van der Waals surface area contributed by atoms with E-state index in [2.05, 4.69) is 10.8 Å². The molecule has 1 aliphatic rings. The van der Waals surface area contributed by atoms with Crippen molar-refractivity contribution in [1.82, 2.24) is 0 Å². The van der Waals surface area contributed by atoms with E-state index in [9.17, 15) is 21.6 Å². The number of hydrogen-bond donors (Lipinski definition) is 0. The number of halogens is 3. The number of hydrogen-bond acceptors (Lipinski definition) is 3. The van der Waals surface area contributed by atoms with Crippen LogP contribution in [0.1, 0.15) is 11.1 Å². The second kappa shape index (κ2) is 8.75. The minimum Gasteiger partial charge on any atom is -0.376 e. The normalized spacial score (nSPS) is 15.8. The summed E-state index contributed by atoms with van der Waals surface area (Å²) in [5, 5.41) is 0. The fourth-order valence-corrected chi connectivity index (χ4v) is 4.09. The molecular weight excluding hydrogens is 449 g/mol. The van der Waals surface area contributed by atoms with Gasteiger partial charge in [0, 0.05) is 0 Å². The van der Waals surface area contributed by atoms with Gasteiger partial charge < -0.3 is 4.18 Å². The topological polar surface area (TPSA) is 43.4 Å². The molecule has 0 aromatic heterocycles. The molecule has 0 unspecified atom stereocenters. The Kier molecular flexibility index (Phi) is 5.99. The van der Waals surface area contributed by atoms with Gasteiger partial charge in [-0.1, -0.05) is 85.5 Å². The number of allylic oxidation sites excluding steroid dienone is 5. The first-order valence-corrected chi connectivity index (χ1v) is 11.4. The SMILES string of the molecule is C=C1/C=C\C=C/Cc2cc(-c3cccc(OS(=O)(=O)C(F)(F)F)c3)ccc2-c2ccccc21. The van der Waals surface area contributed by atoms with Crippen LogP contribution in [0.5, 0.6) is 5.75 Å². The summed E-state index contributed by atoms with van der Waals surface area (Å²) in [6.45, 7) is 4.16. The third kappa shape index (κ3) is 4.78. The zero-order valence-electron chi connectivity index (χ0n) is 17.3. The molecule has 3 aromatic rings. The van der Waals surface area contributed by atoms with Crippen molar-refractivity contribution in [3.05, 3.63) is 109 Å². The monoisotopic (exact) mass is 468 g/mol. The lowest BCUT2D eigenvalue weighted by Crippen LogP contribution is -2.28. The summed E-state index contributed by atoms with van der Waals surface area (Å²) in [7, 11) is -5.74. The van der Waals surface area contributed by atoms with Gasteiger partial charge in [0.1, 0.15) is 5.75 Å². The van der Waals surface area contributed by atoms with Gasteiger partial charge in [-0.2, -0.15) is 21.6 Å². The lowest BCUT2D eigenvalue weighted by atomic mass is 9.88. The minimum atomic E-state index is -5.74. The van der Waals surface area contributed by atoms with Crippen molar-refractivity contribution < 1.29 is 25.8 Å². The summed E-state index contributed by atoms with van der Waals surface area (Å²) in [6.07, 6.45) is 8.46. The average molecular weight is 468 g/mol. The third-order valence-corrected chi connectivity index (χ3v) is 6.19. The molecule has 1 aliphatic carbocycles. The fourth-order valence-electron chi connectivity index (χ4n) is 3.64. The molecule has 0 heterocycles. The van der Waals surface area contributed by atoms with E-state index in [0.29, 0.717) is 12.0 Å². The highest BCUT2D eigenvalue weighted by molar-refractivity contribution is 7.88. The standard InChI is InChI=1S/C26H19F3O3S/c1-18-8-3-2-4-9-21-16-20(14-15-24(21)25-13-6-5-12-23(18)25)19-10-7-11-22(17-19)32-33(30,31)26(27,28)29/h2-8,10-17H,1,9H2/b4-2-,8-3-. The maximum absolute atomic E-state index is 12.7. The van der Waals surface area contributed by atoms with Crippen LogP contribution in [0.25, 0.3) is 27.8 Å². The van der Waals surface area contributed by atoms with Crippen LogP contribution in [0.4, 0.5) is 13.2 Å². The van der Waals surface area contributed by atoms with Crippen molar-refractivity contribution in [2.75, 3.05) is 0 Å². The molecule has 33 heavy (non-hydrogen) atoms. The van der Waals surface area contributed by atoms with Gasteiger partial charge >= 0.3 is 15.6 Å². The van der Waals surface area contributed by atoms with Crippen molar-refractivity contribution in [3.63, 3.8) is 0 Å². The molecule has 0 spiro atoms. The van der Waals surface area contributed by atoms with Crippen molar-refractivity contribution in [2.24, 2.45) is 0 Å². The molecule has 0 fully saturated rings. The van der Waals surface area contributed by atoms with Gasteiger partial charge in [0.2, 0.25) is 0 Å². The highest BCUT2D eigenvalue weighted by Crippen LogP contribution is 2.36. The zero-order chi connectivity index (χ0) is 23.6. The highest BCUT2D eigenvalue weighted by Gasteiger charge is 2.48. The summed E-state index contributed by atoms with van der Waals surface area (Å²) in [5.74, 6) is -0.406. The minimum absolute atomic E-state index is 0.406. The van der Waals surface area contributed by atoms with E-state index < -0.39 is 21.4 Å². The number of alkyl halides is 3. The molecule has 3 aromatic carbocycles. The molecule has 0 radical (unpaired) electrons. The summed E-state index contributed by atoms with van der Waals surface area (Å²) >= 11 is 0. The lowest BCUT2D eigenvalue weighted by molar-refractivity contribution is -0.0500. The van der Waals surface area contributed by atoms with Crippen molar-refractivity contribution in [1.29, 1.82) is 0 Å². The van der Waals surface area contributed by atoms with E-state index in [1.165, 1.54) is 18.2 Å². The fraction of sp³-hybridized carbons (Fsp3) is 0.0769. The Bertz CT molecular complexity index is 1380. The Balaban J connectivity index is 1.77. The molecule has 168 valence electrons. The maximum Gasteiger partial charge on any atom is 0.534 e. The largest absolute Gasteiger partial charge is 0.534 e. The number of benzene rings is 3. The van der Waals surface area contributed by atoms with Crippen LogP contribution < -0.4 is 4.18 Å². The van der Waals surface area contributed by atoms with E-state index in [1.54, 1.807) is 6.07 Å². The summed E-state index contributed by atoms with van der Waals surface area (Å²) < 4.78 is 65.1. The Morgan fingerprint density at radius 1 is 0.818 bits per heavy atom. The molecule has 0 aliphatic heterocycles. The molecule has 0 amide bonds. The Hall–Kier alpha value is -3.58. The summed E-state index contributed by atoms with van der Waals surface area (Å²) in [5.41, 5.74) is 0.690. The van der Waals surface area contributed by atoms with Crippen LogP contribution >= 0.6 is 0 Å². The van der Waals surface area contributed by atoms with E-state index in [0.717, 1.165) is 33.4 Å². The van der Waals surface area contributed by atoms with Crippen molar-refractivity contribution in [2.45, 2.75) is 11.9 Å². The van der Waals surface area contributed by atoms with Gasteiger partial charge in [0.25, 0.3) is 0 Å². The summed E-state index contributed by atoms with van der Waals surface area (Å²) in [6, 6.07) is 19.3. The Morgan fingerprint density at radius 3 is 2.30 bits per heavy atom.